The van der Waals surface area contributed by atoms with Crippen molar-refractivity contribution < 1.29 is 31.9 Å². The van der Waals surface area contributed by atoms with Crippen molar-refractivity contribution in [3.8, 4) is 0 Å². The molecule has 0 aliphatic carbocycles. The lowest BCUT2D eigenvalue weighted by Crippen LogP contribution is -2.29. The standard InChI is InChI=1S/C18H15ClFNO4S.C4H4O2/c1-18(2)17(22)15(10-4-3-5-12(20)8-10)16(25-18)11-6-7-14(13(19)9-11)26(21,23)24;5-4-2-1-3-6-4/h3-9H,1-2H3,(H2,21,23,24);1-2H,3H2. The number of Topliss-reactive ketones (excluding diaryl/α,β-unsaturated/α-hetero) is 1. The van der Waals surface area contributed by atoms with E-state index in [2.05, 4.69) is 4.74 Å². The van der Waals surface area contributed by atoms with Crippen LogP contribution in [0.3, 0.4) is 0 Å². The zero-order valence-corrected chi connectivity index (χ0v) is 18.7. The molecule has 2 aliphatic heterocycles. The molecule has 32 heavy (non-hydrogen) atoms. The fraction of sp³-hybridized carbons (Fsp3) is 0.182. The van der Waals surface area contributed by atoms with Gasteiger partial charge >= 0.3 is 5.97 Å². The molecule has 0 aromatic heterocycles. The largest absolute Gasteiger partial charge is 0.478 e. The van der Waals surface area contributed by atoms with Gasteiger partial charge in [-0.25, -0.2) is 22.7 Å². The highest BCUT2D eigenvalue weighted by atomic mass is 35.5. The number of carbonyl (C=O) groups is 2. The maximum atomic E-state index is 13.6. The average molecular weight is 480 g/mol. The van der Waals surface area contributed by atoms with Gasteiger partial charge in [-0.3, -0.25) is 4.79 Å². The van der Waals surface area contributed by atoms with Crippen LogP contribution < -0.4 is 5.14 Å². The first-order chi connectivity index (χ1) is 14.9. The highest BCUT2D eigenvalue weighted by molar-refractivity contribution is 7.89. The Balaban J connectivity index is 0.000000416. The Morgan fingerprint density at radius 2 is 1.81 bits per heavy atom. The fourth-order valence-corrected chi connectivity index (χ4v) is 4.15. The summed E-state index contributed by atoms with van der Waals surface area (Å²) in [5.41, 5.74) is -0.195. The van der Waals surface area contributed by atoms with Crippen molar-refractivity contribution in [2.45, 2.75) is 24.3 Å². The third-order valence-corrected chi connectivity index (χ3v) is 5.94. The van der Waals surface area contributed by atoms with Crippen LogP contribution >= 0.6 is 11.6 Å². The van der Waals surface area contributed by atoms with E-state index in [0.29, 0.717) is 17.7 Å². The number of benzene rings is 2. The lowest BCUT2D eigenvalue weighted by molar-refractivity contribution is -0.134. The molecule has 2 aromatic rings. The van der Waals surface area contributed by atoms with Crippen LogP contribution in [0.2, 0.25) is 5.02 Å². The van der Waals surface area contributed by atoms with Gasteiger partial charge in [0.1, 0.15) is 23.1 Å². The molecule has 2 heterocycles. The van der Waals surface area contributed by atoms with E-state index in [1.54, 1.807) is 26.0 Å². The summed E-state index contributed by atoms with van der Waals surface area (Å²) in [4.78, 5) is 22.5. The zero-order valence-electron chi connectivity index (χ0n) is 17.1. The van der Waals surface area contributed by atoms with E-state index < -0.39 is 21.4 Å². The van der Waals surface area contributed by atoms with E-state index in [-0.39, 0.29) is 33.0 Å². The quantitative estimate of drug-likeness (QED) is 0.674. The Morgan fingerprint density at radius 3 is 2.31 bits per heavy atom. The van der Waals surface area contributed by atoms with E-state index in [0.717, 1.165) is 0 Å². The van der Waals surface area contributed by atoms with Crippen LogP contribution in [0.1, 0.15) is 25.0 Å². The van der Waals surface area contributed by atoms with Crippen LogP contribution in [-0.4, -0.2) is 32.4 Å². The molecule has 2 N–H and O–H groups in total. The molecule has 0 radical (unpaired) electrons. The summed E-state index contributed by atoms with van der Waals surface area (Å²) < 4.78 is 46.9. The van der Waals surface area contributed by atoms with E-state index in [1.165, 1.54) is 42.5 Å². The van der Waals surface area contributed by atoms with Crippen LogP contribution in [0, 0.1) is 5.82 Å². The maximum absolute atomic E-state index is 13.6. The van der Waals surface area contributed by atoms with Crippen molar-refractivity contribution in [2.75, 3.05) is 6.61 Å². The summed E-state index contributed by atoms with van der Waals surface area (Å²) >= 11 is 6.04. The number of nitrogens with two attached hydrogens (primary N) is 1. The first kappa shape index (κ1) is 23.6. The minimum absolute atomic E-state index is 0.100. The molecule has 2 aliphatic rings. The highest BCUT2D eigenvalue weighted by Crippen LogP contribution is 2.42. The van der Waals surface area contributed by atoms with Crippen LogP contribution in [0.5, 0.6) is 0 Å². The molecule has 0 saturated heterocycles. The number of halogens is 2. The predicted molar refractivity (Wildman–Crippen MR) is 116 cm³/mol. The second kappa shape index (κ2) is 8.85. The van der Waals surface area contributed by atoms with Gasteiger partial charge in [0.25, 0.3) is 0 Å². The number of cyclic esters (lactones) is 1. The second-order valence-electron chi connectivity index (χ2n) is 7.38. The molecule has 7 nitrogen and oxygen atoms in total. The monoisotopic (exact) mass is 479 g/mol. The molecule has 168 valence electrons. The average Bonchev–Trinajstić information content (AvgIpc) is 3.26. The SMILES string of the molecule is CC1(C)OC(c2ccc(S(N)(=O)=O)c(Cl)c2)=C(c2cccc(F)c2)C1=O.O=C1C=CCO1. The number of carbonyl (C=O) groups excluding carboxylic acids is 2. The number of hydrogen-bond donors (Lipinski definition) is 1. The van der Waals surface area contributed by atoms with Crippen LogP contribution in [0.25, 0.3) is 11.3 Å². The van der Waals surface area contributed by atoms with Gasteiger partial charge < -0.3 is 9.47 Å². The number of ether oxygens (including phenoxy) is 2. The Morgan fingerprint density at radius 1 is 1.09 bits per heavy atom. The molecule has 0 bridgehead atoms. The normalized spacial score (nSPS) is 17.0. The molecule has 0 atom stereocenters. The van der Waals surface area contributed by atoms with Gasteiger partial charge in [0.15, 0.2) is 5.60 Å². The topological polar surface area (TPSA) is 113 Å². The van der Waals surface area contributed by atoms with Crippen LogP contribution in [-0.2, 0) is 29.1 Å². The van der Waals surface area contributed by atoms with Crippen molar-refractivity contribution in [2.24, 2.45) is 5.14 Å². The van der Waals surface area contributed by atoms with Crippen molar-refractivity contribution in [1.82, 2.24) is 0 Å². The van der Waals surface area contributed by atoms with Gasteiger partial charge in [0.05, 0.1) is 10.6 Å². The summed E-state index contributed by atoms with van der Waals surface area (Å²) in [6.07, 6.45) is 3.10. The zero-order chi connectivity index (χ0) is 23.7. The van der Waals surface area contributed by atoms with Crippen LogP contribution in [0.4, 0.5) is 4.39 Å². The van der Waals surface area contributed by atoms with Gasteiger partial charge in [0, 0.05) is 11.6 Å². The van der Waals surface area contributed by atoms with Gasteiger partial charge in [-0.15, -0.1) is 0 Å². The lowest BCUT2D eigenvalue weighted by atomic mass is 9.92. The van der Waals surface area contributed by atoms with Crippen molar-refractivity contribution in [3.05, 3.63) is 76.6 Å². The highest BCUT2D eigenvalue weighted by Gasteiger charge is 2.43. The summed E-state index contributed by atoms with van der Waals surface area (Å²) in [7, 11) is -3.98. The first-order valence-electron chi connectivity index (χ1n) is 9.30. The minimum atomic E-state index is -3.98. The fourth-order valence-electron chi connectivity index (χ4n) is 3.06. The van der Waals surface area contributed by atoms with Crippen LogP contribution in [0.15, 0.2) is 59.5 Å². The van der Waals surface area contributed by atoms with Crippen molar-refractivity contribution in [3.63, 3.8) is 0 Å². The molecule has 0 unspecified atom stereocenters. The molecule has 4 rings (SSSR count). The van der Waals surface area contributed by atoms with Crippen molar-refractivity contribution in [1.29, 1.82) is 0 Å². The Labute approximate surface area is 189 Å². The number of hydrogen-bond acceptors (Lipinski definition) is 6. The molecule has 0 fully saturated rings. The predicted octanol–water partition coefficient (Wildman–Crippen LogP) is 3.47. The first-order valence-corrected chi connectivity index (χ1v) is 11.2. The lowest BCUT2D eigenvalue weighted by Gasteiger charge is -2.18. The number of ketones is 1. The third kappa shape index (κ3) is 5.07. The molecule has 0 amide bonds. The second-order valence-corrected chi connectivity index (χ2v) is 9.32. The molecule has 0 saturated carbocycles. The maximum Gasteiger partial charge on any atom is 0.330 e. The molecular formula is C22H19ClFNO6S. The molecule has 2 aromatic carbocycles. The third-order valence-electron chi connectivity index (χ3n) is 4.55. The molecular weight excluding hydrogens is 461 g/mol. The number of esters is 1. The number of primary sulfonamides is 1. The Bertz CT molecular complexity index is 1270. The van der Waals surface area contributed by atoms with Crippen molar-refractivity contribution >= 4 is 44.7 Å². The minimum Gasteiger partial charge on any atom is -0.478 e. The van der Waals surface area contributed by atoms with E-state index in [9.17, 15) is 22.4 Å². The summed E-state index contributed by atoms with van der Waals surface area (Å²) in [5, 5.41) is 5.01. The van der Waals surface area contributed by atoms with Gasteiger partial charge in [-0.1, -0.05) is 23.7 Å². The number of sulfonamides is 1. The molecule has 0 spiro atoms. The van der Waals surface area contributed by atoms with E-state index in [4.69, 9.17) is 21.5 Å². The van der Waals surface area contributed by atoms with Gasteiger partial charge in [-0.2, -0.15) is 0 Å². The Kier molecular flexibility index (Phi) is 6.54. The summed E-state index contributed by atoms with van der Waals surface area (Å²) in [5.74, 6) is -0.831. The smallest absolute Gasteiger partial charge is 0.330 e. The summed E-state index contributed by atoms with van der Waals surface area (Å²) in [6.45, 7) is 3.66. The molecule has 10 heteroatoms. The Hall–Kier alpha value is -3.01. The van der Waals surface area contributed by atoms with E-state index in [1.807, 2.05) is 0 Å². The summed E-state index contributed by atoms with van der Waals surface area (Å²) in [6, 6.07) is 9.62. The van der Waals surface area contributed by atoms with E-state index >= 15 is 0 Å². The van der Waals surface area contributed by atoms with Gasteiger partial charge in [-0.05, 0) is 55.8 Å². The van der Waals surface area contributed by atoms with Gasteiger partial charge in [0.2, 0.25) is 15.8 Å². The number of rotatable bonds is 3.